The van der Waals surface area contributed by atoms with Crippen LogP contribution in [-0.4, -0.2) is 11.6 Å². The molecular formula is C20H31NO2. The Morgan fingerprint density at radius 2 is 1.35 bits per heavy atom. The number of hydrogen-bond donors (Lipinski definition) is 1. The van der Waals surface area contributed by atoms with E-state index in [0.717, 1.165) is 19.3 Å². The van der Waals surface area contributed by atoms with Gasteiger partial charge in [0.15, 0.2) is 0 Å². The summed E-state index contributed by atoms with van der Waals surface area (Å²) in [6.07, 6.45) is 12.5. The first-order valence-electron chi connectivity index (χ1n) is 9.08. The third kappa shape index (κ3) is 7.96. The van der Waals surface area contributed by atoms with Crippen LogP contribution in [0.2, 0.25) is 0 Å². The predicted molar refractivity (Wildman–Crippen MR) is 96.7 cm³/mol. The Balaban J connectivity index is 2.08. The molecule has 0 unspecified atom stereocenters. The van der Waals surface area contributed by atoms with E-state index in [4.69, 9.17) is 5.73 Å². The summed E-state index contributed by atoms with van der Waals surface area (Å²) in [6.45, 7) is 2.23. The van der Waals surface area contributed by atoms with Crippen LogP contribution in [0.4, 0.5) is 5.69 Å². The maximum Gasteiger partial charge on any atom is 0.230 e. The highest BCUT2D eigenvalue weighted by molar-refractivity contribution is 6.44. The molecule has 23 heavy (non-hydrogen) atoms. The van der Waals surface area contributed by atoms with Crippen molar-refractivity contribution in [2.45, 2.75) is 77.6 Å². The van der Waals surface area contributed by atoms with E-state index >= 15 is 0 Å². The molecule has 0 fully saturated rings. The molecule has 0 saturated carbocycles. The summed E-state index contributed by atoms with van der Waals surface area (Å²) in [4.78, 5) is 24.0. The van der Waals surface area contributed by atoms with Gasteiger partial charge in [-0.3, -0.25) is 9.59 Å². The molecule has 3 nitrogen and oxygen atoms in total. The summed E-state index contributed by atoms with van der Waals surface area (Å²) in [5.74, 6) is -0.763. The van der Waals surface area contributed by atoms with Gasteiger partial charge in [0.05, 0.1) is 0 Å². The Morgan fingerprint density at radius 3 is 1.91 bits per heavy atom. The summed E-state index contributed by atoms with van der Waals surface area (Å²) in [5.41, 5.74) is 6.46. The number of hydrogen-bond acceptors (Lipinski definition) is 3. The highest BCUT2D eigenvalue weighted by atomic mass is 16.2. The van der Waals surface area contributed by atoms with E-state index in [2.05, 4.69) is 6.92 Å². The Labute approximate surface area is 140 Å². The molecule has 0 heterocycles. The van der Waals surface area contributed by atoms with Crippen molar-refractivity contribution >= 4 is 17.3 Å². The van der Waals surface area contributed by atoms with Crippen molar-refractivity contribution in [1.82, 2.24) is 0 Å². The third-order valence-electron chi connectivity index (χ3n) is 4.22. The molecule has 3 heteroatoms. The molecule has 1 rings (SSSR count). The largest absolute Gasteiger partial charge is 0.398 e. The van der Waals surface area contributed by atoms with Crippen LogP contribution in [-0.2, 0) is 4.79 Å². The van der Waals surface area contributed by atoms with Crippen LogP contribution in [0.25, 0.3) is 0 Å². The summed E-state index contributed by atoms with van der Waals surface area (Å²) in [7, 11) is 0. The van der Waals surface area contributed by atoms with E-state index in [1.807, 2.05) is 0 Å². The average molecular weight is 317 g/mol. The zero-order chi connectivity index (χ0) is 16.9. The molecule has 1 aromatic rings. The predicted octanol–water partition coefficient (Wildman–Crippen LogP) is 5.33. The molecule has 0 aliphatic rings. The molecule has 0 aromatic heterocycles. The van der Waals surface area contributed by atoms with E-state index in [9.17, 15) is 9.59 Å². The number of Topliss-reactive ketones (excluding diaryl/α,β-unsaturated/α-hetero) is 2. The molecule has 0 spiro atoms. The van der Waals surface area contributed by atoms with Gasteiger partial charge in [0.2, 0.25) is 11.6 Å². The Bertz CT molecular complexity index is 482. The maximum absolute atomic E-state index is 12.0. The van der Waals surface area contributed by atoms with Crippen molar-refractivity contribution in [3.63, 3.8) is 0 Å². The SMILES string of the molecule is CCCCCCCCCCCCC(=O)C(=O)c1ccccc1N. The van der Waals surface area contributed by atoms with Crippen molar-refractivity contribution < 1.29 is 9.59 Å². The molecule has 128 valence electrons. The monoisotopic (exact) mass is 317 g/mol. The molecule has 0 radical (unpaired) electrons. The van der Waals surface area contributed by atoms with E-state index in [1.54, 1.807) is 24.3 Å². The van der Waals surface area contributed by atoms with E-state index in [1.165, 1.54) is 44.9 Å². The van der Waals surface area contributed by atoms with E-state index < -0.39 is 5.78 Å². The number of ketones is 2. The van der Waals surface area contributed by atoms with Crippen molar-refractivity contribution in [2.75, 3.05) is 5.73 Å². The quantitative estimate of drug-likeness (QED) is 0.231. The molecular weight excluding hydrogens is 286 g/mol. The van der Waals surface area contributed by atoms with Gasteiger partial charge in [0.1, 0.15) is 0 Å². The van der Waals surface area contributed by atoms with Crippen LogP contribution in [0.5, 0.6) is 0 Å². The number of carbonyl (C=O) groups is 2. The van der Waals surface area contributed by atoms with Gasteiger partial charge in [-0.15, -0.1) is 0 Å². The van der Waals surface area contributed by atoms with Crippen molar-refractivity contribution in [3.05, 3.63) is 29.8 Å². The molecule has 0 amide bonds. The molecule has 0 saturated heterocycles. The van der Waals surface area contributed by atoms with Gasteiger partial charge in [-0.25, -0.2) is 0 Å². The van der Waals surface area contributed by atoms with Crippen molar-refractivity contribution in [2.24, 2.45) is 0 Å². The second kappa shape index (κ2) is 11.9. The number of rotatable bonds is 13. The minimum atomic E-state index is -0.445. The van der Waals surface area contributed by atoms with Crippen molar-refractivity contribution in [1.29, 1.82) is 0 Å². The maximum atomic E-state index is 12.0. The summed E-state index contributed by atoms with van der Waals surface area (Å²) in [6, 6.07) is 6.77. The summed E-state index contributed by atoms with van der Waals surface area (Å²) >= 11 is 0. The molecule has 0 aliphatic carbocycles. The second-order valence-corrected chi connectivity index (χ2v) is 6.27. The molecule has 2 N–H and O–H groups in total. The number of para-hydroxylation sites is 1. The number of benzene rings is 1. The van der Waals surface area contributed by atoms with Crippen LogP contribution in [0, 0.1) is 0 Å². The van der Waals surface area contributed by atoms with Crippen LogP contribution in [0.15, 0.2) is 24.3 Å². The highest BCUT2D eigenvalue weighted by Crippen LogP contribution is 2.15. The summed E-state index contributed by atoms with van der Waals surface area (Å²) in [5, 5.41) is 0. The standard InChI is InChI=1S/C20H31NO2/c1-2-3-4-5-6-7-8-9-10-11-16-19(22)20(23)17-14-12-13-15-18(17)21/h12-15H,2-11,16,21H2,1H3. The van der Waals surface area contributed by atoms with Gasteiger partial charge in [-0.2, -0.15) is 0 Å². The van der Waals surface area contributed by atoms with Crippen LogP contribution in [0.3, 0.4) is 0 Å². The molecule has 0 aliphatic heterocycles. The van der Waals surface area contributed by atoms with E-state index in [0.29, 0.717) is 17.7 Å². The zero-order valence-corrected chi connectivity index (χ0v) is 14.5. The minimum Gasteiger partial charge on any atom is -0.398 e. The van der Waals surface area contributed by atoms with Crippen LogP contribution >= 0.6 is 0 Å². The highest BCUT2D eigenvalue weighted by Gasteiger charge is 2.17. The average Bonchev–Trinajstić information content (AvgIpc) is 2.56. The lowest BCUT2D eigenvalue weighted by Crippen LogP contribution is -2.15. The fourth-order valence-corrected chi connectivity index (χ4v) is 2.74. The molecule has 1 aromatic carbocycles. The van der Waals surface area contributed by atoms with Crippen LogP contribution in [0.1, 0.15) is 87.9 Å². The molecule has 0 atom stereocenters. The fraction of sp³-hybridized carbons (Fsp3) is 0.600. The lowest BCUT2D eigenvalue weighted by molar-refractivity contribution is -0.115. The topological polar surface area (TPSA) is 60.2 Å². The lowest BCUT2D eigenvalue weighted by atomic mass is 10.0. The normalized spacial score (nSPS) is 10.7. The van der Waals surface area contributed by atoms with Gasteiger partial charge >= 0.3 is 0 Å². The lowest BCUT2D eigenvalue weighted by Gasteiger charge is -2.04. The number of nitrogen functional groups attached to an aromatic ring is 1. The van der Waals surface area contributed by atoms with Gasteiger partial charge in [0, 0.05) is 17.7 Å². The second-order valence-electron chi connectivity index (χ2n) is 6.27. The van der Waals surface area contributed by atoms with Crippen molar-refractivity contribution in [3.8, 4) is 0 Å². The number of unbranched alkanes of at least 4 members (excludes halogenated alkanes) is 9. The minimum absolute atomic E-state index is 0.317. The molecule has 0 bridgehead atoms. The number of anilines is 1. The summed E-state index contributed by atoms with van der Waals surface area (Å²) < 4.78 is 0. The first-order chi connectivity index (χ1) is 11.2. The third-order valence-corrected chi connectivity index (χ3v) is 4.22. The number of nitrogens with two attached hydrogens (primary N) is 1. The Kier molecular flexibility index (Phi) is 10.0. The number of carbonyl (C=O) groups excluding carboxylic acids is 2. The Morgan fingerprint density at radius 1 is 0.826 bits per heavy atom. The smallest absolute Gasteiger partial charge is 0.230 e. The van der Waals surface area contributed by atoms with Gasteiger partial charge < -0.3 is 5.73 Å². The first-order valence-corrected chi connectivity index (χ1v) is 9.08. The zero-order valence-electron chi connectivity index (χ0n) is 14.5. The fourth-order valence-electron chi connectivity index (χ4n) is 2.74. The van der Waals surface area contributed by atoms with Gasteiger partial charge in [-0.05, 0) is 18.6 Å². The van der Waals surface area contributed by atoms with Gasteiger partial charge in [0.25, 0.3) is 0 Å². The van der Waals surface area contributed by atoms with E-state index in [-0.39, 0.29) is 5.78 Å². The Hall–Kier alpha value is -1.64. The first kappa shape index (κ1) is 19.4. The van der Waals surface area contributed by atoms with Crippen LogP contribution < -0.4 is 5.73 Å². The van der Waals surface area contributed by atoms with Gasteiger partial charge in [-0.1, -0.05) is 76.8 Å².